The first-order valence-electron chi connectivity index (χ1n) is 13.2. The zero-order chi connectivity index (χ0) is 30.0. The zero-order valence-electron chi connectivity index (χ0n) is 23.4. The Morgan fingerprint density at radius 3 is 2.22 bits per heavy atom. The topological polar surface area (TPSA) is 158 Å². The van der Waals surface area contributed by atoms with Gasteiger partial charge in [-0.2, -0.15) is 0 Å². The van der Waals surface area contributed by atoms with Crippen LogP contribution in [0.4, 0.5) is 10.5 Å². The average Bonchev–Trinajstić information content (AvgIpc) is 2.91. The smallest absolute Gasteiger partial charge is 0.413 e. The number of anilines is 1. The summed E-state index contributed by atoms with van der Waals surface area (Å²) in [6.07, 6.45) is -0.290. The Hall–Kier alpha value is -4.74. The normalized spacial score (nSPS) is 13.4. The minimum Gasteiger partial charge on any atom is -0.459 e. The Balaban J connectivity index is 1.37. The molecule has 41 heavy (non-hydrogen) atoms. The largest absolute Gasteiger partial charge is 0.459 e. The third kappa shape index (κ3) is 10.1. The molecule has 12 heteroatoms. The van der Waals surface area contributed by atoms with Gasteiger partial charge in [-0.25, -0.2) is 4.79 Å². The Morgan fingerprint density at radius 2 is 1.56 bits per heavy atom. The van der Waals surface area contributed by atoms with Crippen LogP contribution < -0.4 is 10.6 Å². The Morgan fingerprint density at radius 1 is 0.927 bits per heavy atom. The van der Waals surface area contributed by atoms with Gasteiger partial charge in [0.25, 0.3) is 0 Å². The standard InChI is InChI=1S/C29H35N5O7/c1-29(2,3)41-24(36)18-34-17-16-33(26(37)27(34)38)15-7-10-23(35)31-22-13-11-21(12-14-22)25(30)32-28(39)40-19-20-8-5-4-6-9-20/h4-6,8-9,11-14H,7,10,15-19H2,1-3H3,(H,31,35)(H2,30,32,39). The van der Waals surface area contributed by atoms with Crippen LogP contribution in [0.5, 0.6) is 0 Å². The molecule has 0 atom stereocenters. The maximum Gasteiger partial charge on any atom is 0.413 e. The van der Waals surface area contributed by atoms with Crippen LogP contribution in [0.15, 0.2) is 54.6 Å². The van der Waals surface area contributed by atoms with E-state index in [1.807, 2.05) is 30.3 Å². The van der Waals surface area contributed by atoms with E-state index in [4.69, 9.17) is 14.9 Å². The van der Waals surface area contributed by atoms with E-state index < -0.39 is 29.5 Å². The predicted molar refractivity (Wildman–Crippen MR) is 150 cm³/mol. The second-order valence-electron chi connectivity index (χ2n) is 10.4. The molecule has 1 heterocycles. The van der Waals surface area contributed by atoms with Crippen molar-refractivity contribution in [2.75, 3.05) is 31.5 Å². The summed E-state index contributed by atoms with van der Waals surface area (Å²) in [7, 11) is 0. The first-order valence-corrected chi connectivity index (χ1v) is 13.2. The fourth-order valence-electron chi connectivity index (χ4n) is 3.92. The summed E-state index contributed by atoms with van der Waals surface area (Å²) in [6.45, 7) is 5.65. The highest BCUT2D eigenvalue weighted by Gasteiger charge is 2.34. The number of hydrogen-bond donors (Lipinski definition) is 3. The van der Waals surface area contributed by atoms with Gasteiger partial charge in [-0.1, -0.05) is 30.3 Å². The lowest BCUT2D eigenvalue weighted by Crippen LogP contribution is -2.55. The van der Waals surface area contributed by atoms with Crippen molar-refractivity contribution < 1.29 is 33.4 Å². The van der Waals surface area contributed by atoms with Crippen molar-refractivity contribution in [3.05, 3.63) is 65.7 Å². The molecule has 218 valence electrons. The summed E-state index contributed by atoms with van der Waals surface area (Å²) in [5.74, 6) is -2.48. The lowest BCUT2D eigenvalue weighted by atomic mass is 10.2. The molecule has 3 N–H and O–H groups in total. The molecule has 2 aromatic carbocycles. The summed E-state index contributed by atoms with van der Waals surface area (Å²) in [5, 5.41) is 13.2. The monoisotopic (exact) mass is 565 g/mol. The molecule has 0 radical (unpaired) electrons. The van der Waals surface area contributed by atoms with Crippen molar-refractivity contribution >= 4 is 41.3 Å². The lowest BCUT2D eigenvalue weighted by molar-refractivity contribution is -0.164. The van der Waals surface area contributed by atoms with E-state index >= 15 is 0 Å². The molecule has 4 amide bonds. The highest BCUT2D eigenvalue weighted by Crippen LogP contribution is 2.13. The molecule has 0 saturated carbocycles. The van der Waals surface area contributed by atoms with Gasteiger partial charge in [0, 0.05) is 37.3 Å². The minimum atomic E-state index is -0.767. The van der Waals surface area contributed by atoms with Crippen LogP contribution >= 0.6 is 0 Å². The van der Waals surface area contributed by atoms with Crippen LogP contribution in [0.3, 0.4) is 0 Å². The Labute approximate surface area is 238 Å². The van der Waals surface area contributed by atoms with Gasteiger partial charge in [-0.15, -0.1) is 0 Å². The van der Waals surface area contributed by atoms with Crippen LogP contribution in [0.1, 0.15) is 44.7 Å². The number of rotatable bonds is 10. The minimum absolute atomic E-state index is 0.0830. The molecule has 12 nitrogen and oxygen atoms in total. The van der Waals surface area contributed by atoms with Crippen molar-refractivity contribution in [3.63, 3.8) is 0 Å². The molecular formula is C29H35N5O7. The molecule has 0 bridgehead atoms. The molecule has 0 spiro atoms. The van der Waals surface area contributed by atoms with Gasteiger partial charge in [-0.05, 0) is 57.0 Å². The van der Waals surface area contributed by atoms with Gasteiger partial charge in [0.15, 0.2) is 0 Å². The third-order valence-corrected chi connectivity index (χ3v) is 5.87. The van der Waals surface area contributed by atoms with E-state index in [0.717, 1.165) is 5.56 Å². The van der Waals surface area contributed by atoms with E-state index in [1.165, 1.54) is 9.80 Å². The van der Waals surface area contributed by atoms with E-state index in [2.05, 4.69) is 10.6 Å². The second-order valence-corrected chi connectivity index (χ2v) is 10.4. The number of esters is 1. The molecule has 1 aliphatic rings. The number of piperazine rings is 1. The average molecular weight is 566 g/mol. The number of amidine groups is 1. The van der Waals surface area contributed by atoms with Gasteiger partial charge >= 0.3 is 23.9 Å². The summed E-state index contributed by atoms with van der Waals surface area (Å²) in [5.41, 5.74) is 1.06. The maximum atomic E-state index is 12.5. The van der Waals surface area contributed by atoms with Gasteiger partial charge < -0.3 is 24.6 Å². The van der Waals surface area contributed by atoms with E-state index in [1.54, 1.807) is 45.0 Å². The van der Waals surface area contributed by atoms with Crippen LogP contribution in [-0.2, 0) is 35.3 Å². The van der Waals surface area contributed by atoms with Crippen molar-refractivity contribution in [2.45, 2.75) is 45.8 Å². The number of hydrogen-bond acceptors (Lipinski definition) is 8. The third-order valence-electron chi connectivity index (χ3n) is 5.87. The summed E-state index contributed by atoms with van der Waals surface area (Å²) in [4.78, 5) is 63.8. The zero-order valence-corrected chi connectivity index (χ0v) is 23.4. The number of nitrogens with zero attached hydrogens (tertiary/aromatic N) is 2. The van der Waals surface area contributed by atoms with Crippen molar-refractivity contribution in [3.8, 4) is 0 Å². The lowest BCUT2D eigenvalue weighted by Gasteiger charge is -2.33. The van der Waals surface area contributed by atoms with Gasteiger partial charge in [0.05, 0.1) is 0 Å². The SMILES string of the molecule is CC(C)(C)OC(=O)CN1CCN(CCCC(=O)Nc2ccc(C(=N)NC(=O)OCc3ccccc3)cc2)C(=O)C1=O. The molecule has 1 aliphatic heterocycles. The van der Waals surface area contributed by atoms with Gasteiger partial charge in [0.2, 0.25) is 5.91 Å². The number of benzene rings is 2. The fraction of sp³-hybridized carbons (Fsp3) is 0.379. The molecule has 2 aromatic rings. The van der Waals surface area contributed by atoms with Gasteiger partial charge in [0.1, 0.15) is 24.6 Å². The number of carbonyl (C=O) groups excluding carboxylic acids is 5. The summed E-state index contributed by atoms with van der Waals surface area (Å²) >= 11 is 0. The molecule has 0 unspecified atom stereocenters. The molecule has 1 fully saturated rings. The Kier molecular flexibility index (Phi) is 10.6. The molecular weight excluding hydrogens is 530 g/mol. The van der Waals surface area contributed by atoms with Crippen LogP contribution in [0.2, 0.25) is 0 Å². The van der Waals surface area contributed by atoms with E-state index in [9.17, 15) is 24.0 Å². The summed E-state index contributed by atoms with van der Waals surface area (Å²) < 4.78 is 10.3. The predicted octanol–water partition coefficient (Wildman–Crippen LogP) is 2.67. The highest BCUT2D eigenvalue weighted by atomic mass is 16.6. The van der Waals surface area contributed by atoms with E-state index in [0.29, 0.717) is 17.7 Å². The van der Waals surface area contributed by atoms with Crippen LogP contribution in [-0.4, -0.2) is 77.2 Å². The second kappa shape index (κ2) is 14.1. The first-order chi connectivity index (χ1) is 19.4. The number of ether oxygens (including phenoxy) is 2. The van der Waals surface area contributed by atoms with Crippen molar-refractivity contribution in [2.24, 2.45) is 0 Å². The fourth-order valence-corrected chi connectivity index (χ4v) is 3.92. The quantitative estimate of drug-likeness (QED) is 0.173. The highest BCUT2D eigenvalue weighted by molar-refractivity contribution is 6.35. The van der Waals surface area contributed by atoms with Gasteiger partial charge in [-0.3, -0.25) is 29.9 Å². The molecule has 0 aromatic heterocycles. The first kappa shape index (κ1) is 30.8. The van der Waals surface area contributed by atoms with E-state index in [-0.39, 0.29) is 50.9 Å². The number of alkyl carbamates (subject to hydrolysis) is 1. The number of nitrogens with one attached hydrogen (secondary N) is 3. The maximum absolute atomic E-state index is 12.5. The molecule has 3 rings (SSSR count). The van der Waals surface area contributed by atoms with Crippen molar-refractivity contribution in [1.82, 2.24) is 15.1 Å². The number of amides is 4. The summed E-state index contributed by atoms with van der Waals surface area (Å²) in [6, 6.07) is 15.5. The Bertz CT molecular complexity index is 1270. The molecule has 0 aliphatic carbocycles. The van der Waals surface area contributed by atoms with Crippen LogP contribution in [0.25, 0.3) is 0 Å². The molecule has 1 saturated heterocycles. The number of carbonyl (C=O) groups is 5. The van der Waals surface area contributed by atoms with Crippen LogP contribution in [0, 0.1) is 5.41 Å². The van der Waals surface area contributed by atoms with Crippen molar-refractivity contribution in [1.29, 1.82) is 5.41 Å².